The number of carbonyl (C=O) groups excluding carboxylic acids is 2. The van der Waals surface area contributed by atoms with Crippen molar-refractivity contribution in [2.45, 2.75) is 117 Å². The number of rotatable bonds is 18. The molecule has 1 aromatic carbocycles. The lowest BCUT2D eigenvalue weighted by molar-refractivity contribution is -0.128. The molecular weight excluding hydrogens is 420 g/mol. The van der Waals surface area contributed by atoms with Crippen molar-refractivity contribution in [1.82, 2.24) is 0 Å². The summed E-state index contributed by atoms with van der Waals surface area (Å²) in [6, 6.07) is 6.44. The maximum atomic E-state index is 12.6. The van der Waals surface area contributed by atoms with E-state index in [1.165, 1.54) is 0 Å². The monoisotopic (exact) mass is 464 g/mol. The van der Waals surface area contributed by atoms with Gasteiger partial charge in [-0.25, -0.2) is 9.59 Å². The van der Waals surface area contributed by atoms with Crippen LogP contribution in [0.3, 0.4) is 0 Å². The maximum absolute atomic E-state index is 12.6. The summed E-state index contributed by atoms with van der Waals surface area (Å²) in [6.45, 7) is 8.23. The molecule has 0 fully saturated rings. The topological polar surface area (TPSA) is 82.1 Å². The van der Waals surface area contributed by atoms with Crippen LogP contribution in [0.4, 0.5) is 0 Å². The third-order valence-corrected chi connectivity index (χ3v) is 5.50. The summed E-state index contributed by atoms with van der Waals surface area (Å²) in [6.07, 6.45) is 9.84. The lowest BCUT2D eigenvalue weighted by Crippen LogP contribution is -2.20. The van der Waals surface area contributed by atoms with Crippen molar-refractivity contribution in [3.05, 3.63) is 35.4 Å². The van der Waals surface area contributed by atoms with E-state index in [4.69, 9.17) is 14.2 Å². The summed E-state index contributed by atoms with van der Waals surface area (Å²) in [5, 5.41) is 9.52. The Balaban J connectivity index is 2.46. The first-order valence-electron chi connectivity index (χ1n) is 12.7. The summed E-state index contributed by atoms with van der Waals surface area (Å²) >= 11 is 0. The predicted octanol–water partition coefficient (Wildman–Crippen LogP) is 6.44. The Hall–Kier alpha value is -1.92. The summed E-state index contributed by atoms with van der Waals surface area (Å²) in [4.78, 5) is 24.5. The van der Waals surface area contributed by atoms with E-state index in [0.29, 0.717) is 17.7 Å². The van der Waals surface area contributed by atoms with E-state index < -0.39 is 6.29 Å². The molecule has 3 unspecified atom stereocenters. The summed E-state index contributed by atoms with van der Waals surface area (Å²) in [7, 11) is 0. The van der Waals surface area contributed by atoms with Crippen molar-refractivity contribution >= 4 is 11.9 Å². The highest BCUT2D eigenvalue weighted by Gasteiger charge is 2.17. The number of ether oxygens (including phenoxy) is 3. The van der Waals surface area contributed by atoms with Crippen LogP contribution in [0.15, 0.2) is 24.3 Å². The highest BCUT2D eigenvalue weighted by Crippen LogP contribution is 2.19. The van der Waals surface area contributed by atoms with Gasteiger partial charge in [-0.1, -0.05) is 52.9 Å². The molecule has 3 atom stereocenters. The molecule has 0 spiro atoms. The highest BCUT2D eigenvalue weighted by atomic mass is 16.6. The lowest BCUT2D eigenvalue weighted by Gasteiger charge is -2.20. The first-order valence-corrected chi connectivity index (χ1v) is 12.7. The Morgan fingerprint density at radius 2 is 1.33 bits per heavy atom. The SMILES string of the molecule is CCCCC(CCCCCC(CCC)OC(=O)c1ccc(C(=O)OCCC)cc1)OC(C)O. The van der Waals surface area contributed by atoms with Gasteiger partial charge in [0, 0.05) is 0 Å². The van der Waals surface area contributed by atoms with Crippen molar-refractivity contribution in [3.8, 4) is 0 Å². The zero-order valence-electron chi connectivity index (χ0n) is 21.0. The number of unbranched alkanes of at least 4 members (excludes halogenated alkanes) is 3. The van der Waals surface area contributed by atoms with Crippen molar-refractivity contribution in [2.75, 3.05) is 6.61 Å². The van der Waals surface area contributed by atoms with Gasteiger partial charge < -0.3 is 19.3 Å². The van der Waals surface area contributed by atoms with Crippen LogP contribution < -0.4 is 0 Å². The fraction of sp³-hybridized carbons (Fsp3) is 0.704. The largest absolute Gasteiger partial charge is 0.462 e. The molecule has 6 nitrogen and oxygen atoms in total. The summed E-state index contributed by atoms with van der Waals surface area (Å²) < 4.78 is 16.5. The molecule has 1 aromatic rings. The van der Waals surface area contributed by atoms with E-state index in [2.05, 4.69) is 13.8 Å². The van der Waals surface area contributed by atoms with Crippen molar-refractivity contribution in [1.29, 1.82) is 0 Å². The Labute approximate surface area is 200 Å². The number of benzene rings is 1. The molecule has 33 heavy (non-hydrogen) atoms. The van der Waals surface area contributed by atoms with E-state index in [1.807, 2.05) is 6.92 Å². The Morgan fingerprint density at radius 1 is 0.758 bits per heavy atom. The zero-order valence-corrected chi connectivity index (χ0v) is 21.0. The van der Waals surface area contributed by atoms with E-state index in [-0.39, 0.29) is 24.1 Å². The fourth-order valence-electron chi connectivity index (χ4n) is 3.74. The van der Waals surface area contributed by atoms with Gasteiger partial charge in [-0.05, 0) is 69.7 Å². The minimum atomic E-state index is -0.726. The van der Waals surface area contributed by atoms with Gasteiger partial charge in [-0.3, -0.25) is 0 Å². The minimum Gasteiger partial charge on any atom is -0.462 e. The van der Waals surface area contributed by atoms with Crippen LogP contribution in [0.1, 0.15) is 119 Å². The van der Waals surface area contributed by atoms with Gasteiger partial charge in [0.05, 0.1) is 23.8 Å². The molecule has 0 aromatic heterocycles. The highest BCUT2D eigenvalue weighted by molar-refractivity contribution is 5.93. The van der Waals surface area contributed by atoms with Crippen LogP contribution in [-0.4, -0.2) is 42.1 Å². The molecule has 0 saturated heterocycles. The minimum absolute atomic E-state index is 0.108. The predicted molar refractivity (Wildman–Crippen MR) is 130 cm³/mol. The van der Waals surface area contributed by atoms with E-state index in [0.717, 1.165) is 70.6 Å². The van der Waals surface area contributed by atoms with E-state index in [9.17, 15) is 14.7 Å². The van der Waals surface area contributed by atoms with Crippen molar-refractivity contribution in [2.24, 2.45) is 0 Å². The number of carbonyl (C=O) groups is 2. The smallest absolute Gasteiger partial charge is 0.338 e. The number of hydrogen-bond acceptors (Lipinski definition) is 6. The van der Waals surface area contributed by atoms with Crippen molar-refractivity contribution in [3.63, 3.8) is 0 Å². The van der Waals surface area contributed by atoms with E-state index in [1.54, 1.807) is 31.2 Å². The second-order valence-corrected chi connectivity index (χ2v) is 8.67. The summed E-state index contributed by atoms with van der Waals surface area (Å²) in [5.41, 5.74) is 0.874. The molecule has 1 rings (SSSR count). The average Bonchev–Trinajstić information content (AvgIpc) is 2.80. The first-order chi connectivity index (χ1) is 15.9. The normalized spacial score (nSPS) is 13.8. The zero-order chi connectivity index (χ0) is 24.5. The number of hydrogen-bond donors (Lipinski definition) is 1. The molecule has 0 radical (unpaired) electrons. The van der Waals surface area contributed by atoms with Gasteiger partial charge in [0.25, 0.3) is 0 Å². The van der Waals surface area contributed by atoms with Crippen LogP contribution in [0.25, 0.3) is 0 Å². The van der Waals surface area contributed by atoms with Crippen LogP contribution in [0, 0.1) is 0 Å². The standard InChI is InChI=1S/C27H44O6/c1-5-8-13-25(32-21(4)28)15-11-9-10-14-24(12-6-2)33-27(30)23-18-16-22(17-19-23)26(29)31-20-7-3/h16-19,21,24-25,28H,5-15,20H2,1-4H3. The van der Waals surface area contributed by atoms with Gasteiger partial charge in [0.2, 0.25) is 0 Å². The average molecular weight is 465 g/mol. The molecule has 0 aliphatic rings. The van der Waals surface area contributed by atoms with Gasteiger partial charge >= 0.3 is 11.9 Å². The first kappa shape index (κ1) is 29.1. The Kier molecular flexibility index (Phi) is 15.5. The molecule has 6 heteroatoms. The second kappa shape index (κ2) is 17.5. The second-order valence-electron chi connectivity index (χ2n) is 8.67. The molecule has 0 saturated carbocycles. The van der Waals surface area contributed by atoms with Crippen LogP contribution in [0.2, 0.25) is 0 Å². The number of aliphatic hydroxyl groups is 1. The number of esters is 2. The molecule has 0 bridgehead atoms. The third kappa shape index (κ3) is 12.8. The van der Waals surface area contributed by atoms with Gasteiger partial charge in [0.15, 0.2) is 6.29 Å². The van der Waals surface area contributed by atoms with Crippen LogP contribution >= 0.6 is 0 Å². The van der Waals surface area contributed by atoms with Gasteiger partial charge in [0.1, 0.15) is 6.10 Å². The van der Waals surface area contributed by atoms with Crippen molar-refractivity contribution < 1.29 is 28.9 Å². The molecule has 0 aliphatic heterocycles. The molecule has 1 N–H and O–H groups in total. The Morgan fingerprint density at radius 3 is 1.88 bits per heavy atom. The molecule has 0 aliphatic carbocycles. The van der Waals surface area contributed by atoms with Crippen LogP contribution in [0.5, 0.6) is 0 Å². The Bertz CT molecular complexity index is 655. The maximum Gasteiger partial charge on any atom is 0.338 e. The third-order valence-electron chi connectivity index (χ3n) is 5.50. The van der Waals surface area contributed by atoms with Gasteiger partial charge in [-0.2, -0.15) is 0 Å². The van der Waals surface area contributed by atoms with Crippen LogP contribution in [-0.2, 0) is 14.2 Å². The molecule has 0 amide bonds. The van der Waals surface area contributed by atoms with Gasteiger partial charge in [-0.15, -0.1) is 0 Å². The quantitative estimate of drug-likeness (QED) is 0.153. The lowest BCUT2D eigenvalue weighted by atomic mass is 10.0. The van der Waals surface area contributed by atoms with E-state index >= 15 is 0 Å². The number of aliphatic hydroxyl groups excluding tert-OH is 1. The molecular formula is C27H44O6. The molecule has 188 valence electrons. The molecule has 0 heterocycles. The summed E-state index contributed by atoms with van der Waals surface area (Å²) in [5.74, 6) is -0.733. The fourth-order valence-corrected chi connectivity index (χ4v) is 3.74.